The Balaban J connectivity index is 1.04. The first-order chi connectivity index (χ1) is 27.2. The lowest BCUT2D eigenvalue weighted by Gasteiger charge is -2.49. The van der Waals surface area contributed by atoms with Crippen LogP contribution < -0.4 is 0 Å². The zero-order valence-electron chi connectivity index (χ0n) is 32.0. The Morgan fingerprint density at radius 3 is 2.20 bits per heavy atom. The molecular weight excluding hydrogens is 716 g/mol. The third-order valence-corrected chi connectivity index (χ3v) is 10.7. The predicted octanol–water partition coefficient (Wildman–Crippen LogP) is 6.41. The van der Waals surface area contributed by atoms with Crippen molar-refractivity contribution in [1.29, 1.82) is 0 Å². The molecule has 5 saturated heterocycles. The topological polar surface area (TPSA) is 102 Å². The van der Waals surface area contributed by atoms with Crippen LogP contribution >= 0.6 is 0 Å². The summed E-state index contributed by atoms with van der Waals surface area (Å²) in [4.78, 5) is 0. The third-order valence-electron chi connectivity index (χ3n) is 10.7. The zero-order chi connectivity index (χ0) is 38.3. The predicted molar refractivity (Wildman–Crippen MR) is 203 cm³/mol. The molecule has 0 amide bonds. The van der Waals surface area contributed by atoms with Gasteiger partial charge < -0.3 is 52.1 Å². The summed E-state index contributed by atoms with van der Waals surface area (Å²) < 4.78 is 71.8. The van der Waals surface area contributed by atoms with E-state index in [1.807, 2.05) is 113 Å². The van der Waals surface area contributed by atoms with Crippen molar-refractivity contribution in [2.75, 3.05) is 19.8 Å². The van der Waals surface area contributed by atoms with E-state index in [4.69, 9.17) is 52.1 Å². The summed E-state index contributed by atoms with van der Waals surface area (Å²) in [5, 5.41) is 2.21. The van der Waals surface area contributed by atoms with E-state index in [0.717, 1.165) is 27.5 Å². The van der Waals surface area contributed by atoms with Gasteiger partial charge in [-0.1, -0.05) is 109 Å². The van der Waals surface area contributed by atoms with Crippen LogP contribution in [0.2, 0.25) is 0 Å². The number of benzene rings is 4. The van der Waals surface area contributed by atoms with E-state index in [-0.39, 0.29) is 19.8 Å². The van der Waals surface area contributed by atoms with Crippen molar-refractivity contribution in [1.82, 2.24) is 0 Å². The largest absolute Gasteiger partial charge is 0.365 e. The summed E-state index contributed by atoms with van der Waals surface area (Å²) in [5.41, 5.74) is 2.79. The molecule has 11 nitrogen and oxygen atoms in total. The van der Waals surface area contributed by atoms with Crippen molar-refractivity contribution in [2.45, 2.75) is 114 Å². The average Bonchev–Trinajstić information content (AvgIpc) is 3.84. The number of ether oxygens (including phenoxy) is 11. The summed E-state index contributed by atoms with van der Waals surface area (Å²) in [7, 11) is 0. The molecule has 5 heterocycles. The van der Waals surface area contributed by atoms with Crippen LogP contribution in [0.5, 0.6) is 0 Å². The number of hydrogen-bond donors (Lipinski definition) is 0. The Morgan fingerprint density at radius 1 is 0.643 bits per heavy atom. The first-order valence-corrected chi connectivity index (χ1v) is 19.4. The monoisotopic (exact) mass is 764 g/mol. The standard InChI is InChI=1S/C45H48O11/c1-44(2)49-27-34(54-44)36-38(40-43(52-36)56-45(3,4)55-40)53-42-39(47-25-28-15-7-5-8-16-28)37(35-33(50-42)26-48-41(51-35)31-18-9-6-10-19-31)46-24-14-22-30-21-13-20-29-17-11-12-23-32(29)30/h5-13,15-21,23,33-43H,24-27H2,1-4H3/t33-,34-,35-,36-,37+,38+,39+,40-,41?,42+,43-/m1/s1. The van der Waals surface area contributed by atoms with E-state index in [1.165, 1.54) is 0 Å². The highest BCUT2D eigenvalue weighted by molar-refractivity contribution is 5.88. The van der Waals surface area contributed by atoms with E-state index in [1.54, 1.807) is 0 Å². The lowest BCUT2D eigenvalue weighted by atomic mass is 9.96. The second kappa shape index (κ2) is 15.9. The first-order valence-electron chi connectivity index (χ1n) is 19.4. The van der Waals surface area contributed by atoms with Crippen molar-refractivity contribution in [3.63, 3.8) is 0 Å². The lowest BCUT2D eigenvalue weighted by Crippen LogP contribution is -2.64. The molecule has 0 aromatic heterocycles. The van der Waals surface area contributed by atoms with Gasteiger partial charge in [-0.25, -0.2) is 0 Å². The molecule has 294 valence electrons. The number of hydrogen-bond acceptors (Lipinski definition) is 11. The summed E-state index contributed by atoms with van der Waals surface area (Å²) in [6.45, 7) is 8.38. The normalized spacial score (nSPS) is 34.4. The van der Waals surface area contributed by atoms with Crippen LogP contribution in [0.25, 0.3) is 10.8 Å². The molecule has 4 aromatic carbocycles. The van der Waals surface area contributed by atoms with Gasteiger partial charge in [0.15, 0.2) is 30.4 Å². The minimum Gasteiger partial charge on any atom is -0.365 e. The van der Waals surface area contributed by atoms with E-state index in [2.05, 4.69) is 30.0 Å². The van der Waals surface area contributed by atoms with Crippen molar-refractivity contribution >= 4 is 10.8 Å². The molecule has 5 fully saturated rings. The molecule has 0 N–H and O–H groups in total. The SMILES string of the molecule is CC1(C)O[C@H]2O[C@H]([C@H]3COC(C)(C)O3)[C@H](O[C@@H]3O[C@@H]4COC(c5ccccc5)O[C@H]4[C@H](OCC#Cc4cccc5ccccc45)[C@@H]3OCc3ccccc3)[C@H]2O1. The van der Waals surface area contributed by atoms with E-state index >= 15 is 0 Å². The highest BCUT2D eigenvalue weighted by Gasteiger charge is 2.61. The molecule has 5 aliphatic rings. The Bertz CT molecular complexity index is 2010. The fourth-order valence-corrected chi connectivity index (χ4v) is 8.16. The van der Waals surface area contributed by atoms with Crippen LogP contribution in [0.1, 0.15) is 50.7 Å². The van der Waals surface area contributed by atoms with Gasteiger partial charge in [-0.2, -0.15) is 0 Å². The van der Waals surface area contributed by atoms with Crippen LogP contribution in [0.3, 0.4) is 0 Å². The second-order valence-electron chi connectivity index (χ2n) is 15.6. The molecule has 11 atom stereocenters. The van der Waals surface area contributed by atoms with Gasteiger partial charge in [-0.3, -0.25) is 0 Å². The molecular formula is C45H48O11. The molecule has 0 radical (unpaired) electrons. The molecule has 0 spiro atoms. The Kier molecular flexibility index (Phi) is 10.7. The maximum absolute atomic E-state index is 7.03. The molecule has 0 aliphatic carbocycles. The molecule has 56 heavy (non-hydrogen) atoms. The molecule has 0 saturated carbocycles. The van der Waals surface area contributed by atoms with Crippen molar-refractivity contribution < 1.29 is 52.1 Å². The maximum Gasteiger partial charge on any atom is 0.190 e. The van der Waals surface area contributed by atoms with E-state index in [0.29, 0.717) is 6.61 Å². The minimum atomic E-state index is -0.964. The molecule has 11 heteroatoms. The van der Waals surface area contributed by atoms with Crippen LogP contribution in [-0.4, -0.2) is 92.8 Å². The number of fused-ring (bicyclic) bond motifs is 3. The summed E-state index contributed by atoms with van der Waals surface area (Å²) >= 11 is 0. The van der Waals surface area contributed by atoms with Crippen LogP contribution in [-0.2, 0) is 58.7 Å². The Hall–Kier alpha value is -3.74. The van der Waals surface area contributed by atoms with Crippen LogP contribution in [0.4, 0.5) is 0 Å². The average molecular weight is 765 g/mol. The fraction of sp³-hybridized carbons (Fsp3) is 0.467. The highest BCUT2D eigenvalue weighted by atomic mass is 16.9. The molecule has 1 unspecified atom stereocenters. The molecule has 5 aliphatic heterocycles. The van der Waals surface area contributed by atoms with Crippen molar-refractivity contribution in [3.8, 4) is 11.8 Å². The lowest BCUT2D eigenvalue weighted by molar-refractivity contribution is -0.380. The van der Waals surface area contributed by atoms with Gasteiger partial charge in [0.2, 0.25) is 0 Å². The molecule has 4 aromatic rings. The van der Waals surface area contributed by atoms with Crippen LogP contribution in [0.15, 0.2) is 103 Å². The van der Waals surface area contributed by atoms with Gasteiger partial charge >= 0.3 is 0 Å². The number of rotatable bonds is 9. The summed E-state index contributed by atoms with van der Waals surface area (Å²) in [6.07, 6.45) is -7.19. The smallest absolute Gasteiger partial charge is 0.190 e. The fourth-order valence-electron chi connectivity index (χ4n) is 8.16. The summed E-state index contributed by atoms with van der Waals surface area (Å²) in [5.74, 6) is 4.93. The summed E-state index contributed by atoms with van der Waals surface area (Å²) in [6, 6.07) is 34.1. The van der Waals surface area contributed by atoms with Crippen molar-refractivity contribution in [2.24, 2.45) is 0 Å². The van der Waals surface area contributed by atoms with E-state index in [9.17, 15) is 0 Å². The van der Waals surface area contributed by atoms with Crippen LogP contribution in [0, 0.1) is 11.8 Å². The van der Waals surface area contributed by atoms with E-state index < -0.39 is 79.3 Å². The minimum absolute atomic E-state index is 0.0998. The first kappa shape index (κ1) is 37.8. The Morgan fingerprint density at radius 2 is 1.39 bits per heavy atom. The molecule has 9 rings (SSSR count). The van der Waals surface area contributed by atoms with Gasteiger partial charge in [0.25, 0.3) is 0 Å². The van der Waals surface area contributed by atoms with Gasteiger partial charge in [-0.05, 0) is 50.1 Å². The van der Waals surface area contributed by atoms with Gasteiger partial charge in [0.05, 0.1) is 19.8 Å². The Labute approximate surface area is 327 Å². The highest BCUT2D eigenvalue weighted by Crippen LogP contribution is 2.44. The third kappa shape index (κ3) is 8.03. The quantitative estimate of drug-likeness (QED) is 0.177. The zero-order valence-corrected chi connectivity index (χ0v) is 32.0. The van der Waals surface area contributed by atoms with Gasteiger partial charge in [0.1, 0.15) is 55.4 Å². The van der Waals surface area contributed by atoms with Gasteiger partial charge in [-0.15, -0.1) is 0 Å². The van der Waals surface area contributed by atoms with Crippen molar-refractivity contribution in [3.05, 3.63) is 120 Å². The van der Waals surface area contributed by atoms with Gasteiger partial charge in [0, 0.05) is 11.1 Å². The maximum atomic E-state index is 7.03. The molecule has 0 bridgehead atoms. The second-order valence-corrected chi connectivity index (χ2v) is 15.6.